The lowest BCUT2D eigenvalue weighted by Gasteiger charge is -2.36. The van der Waals surface area contributed by atoms with E-state index in [9.17, 15) is 4.79 Å². The molecule has 0 saturated carbocycles. The average Bonchev–Trinajstić information content (AvgIpc) is 2.51. The molecule has 0 spiro atoms. The number of piperazine rings is 1. The molecule has 0 radical (unpaired) electrons. The predicted molar refractivity (Wildman–Crippen MR) is 96.3 cm³/mol. The summed E-state index contributed by atoms with van der Waals surface area (Å²) in [5, 5.41) is 4.06. The summed E-state index contributed by atoms with van der Waals surface area (Å²) in [7, 11) is 0. The van der Waals surface area contributed by atoms with Crippen molar-refractivity contribution >= 4 is 29.9 Å². The van der Waals surface area contributed by atoms with Crippen LogP contribution in [-0.4, -0.2) is 43.7 Å². The number of nitrogens with one attached hydrogen (secondary N) is 1. The molecule has 130 valence electrons. The first kappa shape index (κ1) is 20.2. The van der Waals surface area contributed by atoms with Crippen LogP contribution in [0.5, 0.6) is 0 Å². The van der Waals surface area contributed by atoms with Crippen molar-refractivity contribution in [2.45, 2.75) is 26.3 Å². The predicted octanol–water partition coefficient (Wildman–Crippen LogP) is 3.30. The number of rotatable bonds is 6. The van der Waals surface area contributed by atoms with Gasteiger partial charge in [-0.3, -0.25) is 4.79 Å². The third-order valence-corrected chi connectivity index (χ3v) is 3.94. The lowest BCUT2D eigenvalue weighted by molar-refractivity contribution is -0.135. The van der Waals surface area contributed by atoms with Gasteiger partial charge >= 0.3 is 0 Å². The Kier molecular flexibility index (Phi) is 8.92. The van der Waals surface area contributed by atoms with Gasteiger partial charge in [0.2, 0.25) is 5.91 Å². The Balaban J connectivity index is 0.00000264. The standard InChI is InChI=1S/C17H25ClN2O2.ClH/c1-13(2)12-22-9-6-17(21)20-8-7-19-11-16(20)14-4-3-5-15(18)10-14;/h3-5,10,13,16,19H,6-9,11-12H2,1-2H3;1H. The number of benzene rings is 1. The molecule has 0 aliphatic carbocycles. The Labute approximate surface area is 149 Å². The van der Waals surface area contributed by atoms with Crippen molar-refractivity contribution in [3.8, 4) is 0 Å². The summed E-state index contributed by atoms with van der Waals surface area (Å²) in [5.41, 5.74) is 1.08. The first-order chi connectivity index (χ1) is 10.6. The summed E-state index contributed by atoms with van der Waals surface area (Å²) < 4.78 is 5.53. The third kappa shape index (κ3) is 6.30. The largest absolute Gasteiger partial charge is 0.381 e. The quantitative estimate of drug-likeness (QED) is 0.791. The topological polar surface area (TPSA) is 41.6 Å². The first-order valence-electron chi connectivity index (χ1n) is 7.91. The third-order valence-electron chi connectivity index (χ3n) is 3.71. The lowest BCUT2D eigenvalue weighted by atomic mass is 10.0. The molecule has 1 aliphatic rings. The Bertz CT molecular complexity index is 497. The van der Waals surface area contributed by atoms with E-state index in [0.717, 1.165) is 25.2 Å². The minimum atomic E-state index is 0. The van der Waals surface area contributed by atoms with Crippen LogP contribution in [0, 0.1) is 5.92 Å². The second-order valence-electron chi connectivity index (χ2n) is 6.08. The maximum atomic E-state index is 12.5. The number of halogens is 2. The van der Waals surface area contributed by atoms with Crippen molar-refractivity contribution in [1.82, 2.24) is 10.2 Å². The normalized spacial score (nSPS) is 17.9. The number of carbonyl (C=O) groups excluding carboxylic acids is 1. The Morgan fingerprint density at radius 2 is 2.26 bits per heavy atom. The summed E-state index contributed by atoms with van der Waals surface area (Å²) >= 11 is 6.08. The fraction of sp³-hybridized carbons (Fsp3) is 0.588. The first-order valence-corrected chi connectivity index (χ1v) is 8.29. The molecule has 2 rings (SSSR count). The van der Waals surface area contributed by atoms with Gasteiger partial charge in [-0.1, -0.05) is 37.6 Å². The molecule has 6 heteroatoms. The number of hydrogen-bond acceptors (Lipinski definition) is 3. The molecule has 1 aliphatic heterocycles. The van der Waals surface area contributed by atoms with Crippen LogP contribution in [0.25, 0.3) is 0 Å². The average molecular weight is 361 g/mol. The maximum absolute atomic E-state index is 12.5. The summed E-state index contributed by atoms with van der Waals surface area (Å²) in [5.74, 6) is 0.642. The smallest absolute Gasteiger partial charge is 0.225 e. The van der Waals surface area contributed by atoms with E-state index >= 15 is 0 Å². The van der Waals surface area contributed by atoms with Gasteiger partial charge in [0.05, 0.1) is 19.1 Å². The van der Waals surface area contributed by atoms with Crippen LogP contribution in [-0.2, 0) is 9.53 Å². The monoisotopic (exact) mass is 360 g/mol. The highest BCUT2D eigenvalue weighted by atomic mass is 35.5. The van der Waals surface area contributed by atoms with E-state index in [4.69, 9.17) is 16.3 Å². The molecule has 1 fully saturated rings. The van der Waals surface area contributed by atoms with Gasteiger partial charge in [-0.05, 0) is 23.6 Å². The van der Waals surface area contributed by atoms with E-state index in [2.05, 4.69) is 19.2 Å². The van der Waals surface area contributed by atoms with Crippen molar-refractivity contribution in [2.75, 3.05) is 32.8 Å². The van der Waals surface area contributed by atoms with E-state index in [-0.39, 0.29) is 24.4 Å². The van der Waals surface area contributed by atoms with Crippen LogP contribution in [0.1, 0.15) is 31.9 Å². The molecular weight excluding hydrogens is 335 g/mol. The van der Waals surface area contributed by atoms with E-state index < -0.39 is 0 Å². The molecule has 4 nitrogen and oxygen atoms in total. The van der Waals surface area contributed by atoms with Gasteiger partial charge in [0.25, 0.3) is 0 Å². The number of hydrogen-bond donors (Lipinski definition) is 1. The van der Waals surface area contributed by atoms with Gasteiger partial charge in [-0.2, -0.15) is 0 Å². The zero-order chi connectivity index (χ0) is 15.9. The zero-order valence-electron chi connectivity index (χ0n) is 13.8. The number of nitrogens with zero attached hydrogens (tertiary/aromatic N) is 1. The van der Waals surface area contributed by atoms with Crippen molar-refractivity contribution < 1.29 is 9.53 Å². The molecule has 1 heterocycles. The highest BCUT2D eigenvalue weighted by Gasteiger charge is 2.27. The molecule has 1 saturated heterocycles. The molecule has 1 N–H and O–H groups in total. The van der Waals surface area contributed by atoms with Crippen molar-refractivity contribution in [3.63, 3.8) is 0 Å². The van der Waals surface area contributed by atoms with Crippen LogP contribution in [0.4, 0.5) is 0 Å². The fourth-order valence-electron chi connectivity index (χ4n) is 2.64. The summed E-state index contributed by atoms with van der Waals surface area (Å²) in [6.45, 7) is 7.71. The van der Waals surface area contributed by atoms with Crippen LogP contribution >= 0.6 is 24.0 Å². The highest BCUT2D eigenvalue weighted by molar-refractivity contribution is 6.30. The number of carbonyl (C=O) groups is 1. The highest BCUT2D eigenvalue weighted by Crippen LogP contribution is 2.25. The van der Waals surface area contributed by atoms with Crippen LogP contribution in [0.2, 0.25) is 5.02 Å². The SMILES string of the molecule is CC(C)COCCC(=O)N1CCNCC1c1cccc(Cl)c1.Cl. The van der Waals surface area contributed by atoms with E-state index in [1.165, 1.54) is 0 Å². The lowest BCUT2D eigenvalue weighted by Crippen LogP contribution is -2.48. The number of amides is 1. The van der Waals surface area contributed by atoms with Gasteiger partial charge in [-0.15, -0.1) is 12.4 Å². The molecule has 1 aromatic rings. The second kappa shape index (κ2) is 10.1. The Morgan fingerprint density at radius 1 is 1.48 bits per heavy atom. The minimum absolute atomic E-state index is 0. The minimum Gasteiger partial charge on any atom is -0.381 e. The van der Waals surface area contributed by atoms with Gasteiger partial charge < -0.3 is 15.0 Å². The summed E-state index contributed by atoms with van der Waals surface area (Å²) in [6, 6.07) is 7.80. The maximum Gasteiger partial charge on any atom is 0.225 e. The van der Waals surface area contributed by atoms with Crippen LogP contribution in [0.3, 0.4) is 0 Å². The van der Waals surface area contributed by atoms with Gasteiger partial charge in [0, 0.05) is 31.3 Å². The van der Waals surface area contributed by atoms with Gasteiger partial charge in [-0.25, -0.2) is 0 Å². The van der Waals surface area contributed by atoms with Crippen molar-refractivity contribution in [3.05, 3.63) is 34.9 Å². The molecule has 1 unspecified atom stereocenters. The number of ether oxygens (including phenoxy) is 1. The van der Waals surface area contributed by atoms with Gasteiger partial charge in [0.1, 0.15) is 0 Å². The molecule has 23 heavy (non-hydrogen) atoms. The molecule has 1 amide bonds. The van der Waals surface area contributed by atoms with Crippen LogP contribution < -0.4 is 5.32 Å². The Hall–Kier alpha value is -0.810. The van der Waals surface area contributed by atoms with Gasteiger partial charge in [0.15, 0.2) is 0 Å². The Morgan fingerprint density at radius 3 is 2.96 bits per heavy atom. The van der Waals surface area contributed by atoms with Crippen molar-refractivity contribution in [1.29, 1.82) is 0 Å². The van der Waals surface area contributed by atoms with E-state index in [1.807, 2.05) is 29.2 Å². The summed E-state index contributed by atoms with van der Waals surface area (Å²) in [6.07, 6.45) is 0.434. The molecule has 1 aromatic carbocycles. The van der Waals surface area contributed by atoms with Crippen molar-refractivity contribution in [2.24, 2.45) is 5.92 Å². The zero-order valence-corrected chi connectivity index (χ0v) is 15.3. The second-order valence-corrected chi connectivity index (χ2v) is 6.52. The van der Waals surface area contributed by atoms with E-state index in [1.54, 1.807) is 0 Å². The molecular formula is C17H26Cl2N2O2. The molecule has 1 atom stereocenters. The molecule has 0 bridgehead atoms. The van der Waals surface area contributed by atoms with E-state index in [0.29, 0.717) is 30.6 Å². The van der Waals surface area contributed by atoms with Crippen LogP contribution in [0.15, 0.2) is 24.3 Å². The summed E-state index contributed by atoms with van der Waals surface area (Å²) in [4.78, 5) is 14.4. The molecule has 0 aromatic heterocycles. The fourth-order valence-corrected chi connectivity index (χ4v) is 2.84.